The molecule has 2 heterocycles. The highest BCUT2D eigenvalue weighted by molar-refractivity contribution is 6.00. The van der Waals surface area contributed by atoms with E-state index in [0.717, 1.165) is 6.08 Å². The number of hydrogen-bond acceptors (Lipinski definition) is 4. The van der Waals surface area contributed by atoms with E-state index in [2.05, 4.69) is 10.3 Å². The average molecular weight is 178 g/mol. The lowest BCUT2D eigenvalue weighted by atomic mass is 10.4. The van der Waals surface area contributed by atoms with Crippen LogP contribution >= 0.6 is 0 Å². The predicted molar refractivity (Wildman–Crippen MR) is 44.2 cm³/mol. The van der Waals surface area contributed by atoms with E-state index in [9.17, 15) is 4.79 Å². The summed E-state index contributed by atoms with van der Waals surface area (Å²) in [4.78, 5) is 14.9. The van der Waals surface area contributed by atoms with Crippen molar-refractivity contribution in [1.82, 2.24) is 4.98 Å². The molecule has 0 fully saturated rings. The third-order valence-corrected chi connectivity index (χ3v) is 1.48. The minimum atomic E-state index is -0.463. The monoisotopic (exact) mass is 178 g/mol. The summed E-state index contributed by atoms with van der Waals surface area (Å²) < 4.78 is 4.90. The van der Waals surface area contributed by atoms with Gasteiger partial charge in [0.05, 0.1) is 6.08 Å². The van der Waals surface area contributed by atoms with Gasteiger partial charge < -0.3 is 15.2 Å². The molecule has 0 unspecified atom stereocenters. The van der Waals surface area contributed by atoms with Crippen molar-refractivity contribution in [3.8, 4) is 5.75 Å². The molecule has 1 aliphatic heterocycles. The molecule has 5 nitrogen and oxygen atoms in total. The highest BCUT2D eigenvalue weighted by atomic mass is 16.6. The molecule has 0 aliphatic carbocycles. The fraction of sp³-hybridized carbons (Fsp3) is 0. The second-order valence-corrected chi connectivity index (χ2v) is 2.42. The van der Waals surface area contributed by atoms with Crippen LogP contribution in [0, 0.1) is 0 Å². The number of fused-ring (bicyclic) bond motifs is 1. The highest BCUT2D eigenvalue weighted by Crippen LogP contribution is 2.24. The zero-order valence-corrected chi connectivity index (χ0v) is 6.52. The number of anilines is 1. The molecule has 0 saturated heterocycles. The molecule has 66 valence electrons. The standard InChI is InChI=1S/C8H6N2O3/c11-6-4-7(12)13-5-2-1-3-9-8(5)10-6/h1-4,12H,(H,9,10,11). The predicted octanol–water partition coefficient (Wildman–Crippen LogP) is 0.812. The Hall–Kier alpha value is -2.04. The van der Waals surface area contributed by atoms with Crippen LogP contribution < -0.4 is 10.1 Å². The Bertz CT molecular complexity index is 387. The van der Waals surface area contributed by atoms with Crippen molar-refractivity contribution in [3.05, 3.63) is 30.4 Å². The van der Waals surface area contributed by atoms with Crippen LogP contribution in [0.1, 0.15) is 0 Å². The van der Waals surface area contributed by atoms with Gasteiger partial charge in [-0.2, -0.15) is 0 Å². The molecular formula is C8H6N2O3. The van der Waals surface area contributed by atoms with E-state index >= 15 is 0 Å². The topological polar surface area (TPSA) is 71.5 Å². The number of rotatable bonds is 0. The van der Waals surface area contributed by atoms with Gasteiger partial charge in [0.15, 0.2) is 11.6 Å². The summed E-state index contributed by atoms with van der Waals surface area (Å²) >= 11 is 0. The first-order valence-corrected chi connectivity index (χ1v) is 3.60. The quantitative estimate of drug-likeness (QED) is 0.616. The molecular weight excluding hydrogens is 172 g/mol. The molecule has 1 aromatic heterocycles. The number of amides is 1. The number of pyridine rings is 1. The van der Waals surface area contributed by atoms with E-state index in [4.69, 9.17) is 9.84 Å². The maximum absolute atomic E-state index is 11.0. The number of aromatic nitrogens is 1. The summed E-state index contributed by atoms with van der Waals surface area (Å²) in [5.74, 6) is -0.283. The normalized spacial score (nSPS) is 14.8. The van der Waals surface area contributed by atoms with Crippen LogP contribution in [0.3, 0.4) is 0 Å². The lowest BCUT2D eigenvalue weighted by Gasteiger charge is -2.03. The SMILES string of the molecule is O=C1C=C(O)Oc2cccnc2N1. The van der Waals surface area contributed by atoms with Crippen LogP contribution in [0.4, 0.5) is 5.82 Å². The minimum absolute atomic E-state index is 0.299. The summed E-state index contributed by atoms with van der Waals surface area (Å²) in [5, 5.41) is 11.5. The number of aliphatic hydroxyl groups is 1. The molecule has 0 aromatic carbocycles. The van der Waals surface area contributed by atoms with Crippen molar-refractivity contribution < 1.29 is 14.6 Å². The van der Waals surface area contributed by atoms with Crippen molar-refractivity contribution >= 4 is 11.7 Å². The van der Waals surface area contributed by atoms with Gasteiger partial charge in [-0.3, -0.25) is 4.79 Å². The molecule has 1 aliphatic rings. The summed E-state index contributed by atoms with van der Waals surface area (Å²) in [6, 6.07) is 3.24. The van der Waals surface area contributed by atoms with Gasteiger partial charge in [0.2, 0.25) is 0 Å². The summed E-state index contributed by atoms with van der Waals surface area (Å²) in [6.45, 7) is 0. The van der Waals surface area contributed by atoms with Crippen molar-refractivity contribution in [2.45, 2.75) is 0 Å². The number of carbonyl (C=O) groups excluding carboxylic acids is 1. The first kappa shape index (κ1) is 7.60. The Labute approximate surface area is 73.7 Å². The van der Waals surface area contributed by atoms with E-state index in [0.29, 0.717) is 11.6 Å². The molecule has 0 spiro atoms. The zero-order valence-electron chi connectivity index (χ0n) is 6.52. The van der Waals surface area contributed by atoms with Gasteiger partial charge in [-0.15, -0.1) is 0 Å². The summed E-state index contributed by atoms with van der Waals surface area (Å²) in [7, 11) is 0. The number of nitrogens with one attached hydrogen (secondary N) is 1. The Morgan fingerprint density at radius 3 is 3.23 bits per heavy atom. The number of ether oxygens (including phenoxy) is 1. The van der Waals surface area contributed by atoms with Gasteiger partial charge in [0.1, 0.15) is 0 Å². The summed E-state index contributed by atoms with van der Waals surface area (Å²) in [6.07, 6.45) is 2.46. The number of aliphatic hydroxyl groups excluding tert-OH is 1. The number of hydrogen-bond donors (Lipinski definition) is 2. The third kappa shape index (κ3) is 1.44. The van der Waals surface area contributed by atoms with Crippen molar-refractivity contribution in [1.29, 1.82) is 0 Å². The fourth-order valence-corrected chi connectivity index (χ4v) is 0.974. The Balaban J connectivity index is 2.46. The van der Waals surface area contributed by atoms with Crippen LogP contribution in [0.2, 0.25) is 0 Å². The Morgan fingerprint density at radius 2 is 2.38 bits per heavy atom. The summed E-state index contributed by atoms with van der Waals surface area (Å²) in [5.41, 5.74) is 0. The van der Waals surface area contributed by atoms with Crippen molar-refractivity contribution in [2.24, 2.45) is 0 Å². The molecule has 0 atom stereocenters. The fourth-order valence-electron chi connectivity index (χ4n) is 0.974. The molecule has 0 radical (unpaired) electrons. The van der Waals surface area contributed by atoms with Gasteiger partial charge >= 0.3 is 0 Å². The third-order valence-electron chi connectivity index (χ3n) is 1.48. The second kappa shape index (κ2) is 2.78. The van der Waals surface area contributed by atoms with E-state index in [1.165, 1.54) is 6.20 Å². The molecule has 0 saturated carbocycles. The van der Waals surface area contributed by atoms with Crippen LogP contribution in [0.15, 0.2) is 30.4 Å². The smallest absolute Gasteiger partial charge is 0.287 e. The van der Waals surface area contributed by atoms with Crippen LogP contribution in [0.25, 0.3) is 0 Å². The van der Waals surface area contributed by atoms with E-state index < -0.39 is 11.9 Å². The maximum atomic E-state index is 11.0. The second-order valence-electron chi connectivity index (χ2n) is 2.42. The molecule has 1 aromatic rings. The Morgan fingerprint density at radius 1 is 1.54 bits per heavy atom. The Kier molecular flexibility index (Phi) is 1.63. The van der Waals surface area contributed by atoms with Gasteiger partial charge in [-0.05, 0) is 12.1 Å². The van der Waals surface area contributed by atoms with Crippen molar-refractivity contribution in [2.75, 3.05) is 5.32 Å². The molecule has 5 heteroatoms. The largest absolute Gasteiger partial charge is 0.481 e. The van der Waals surface area contributed by atoms with E-state index in [-0.39, 0.29) is 0 Å². The molecule has 2 rings (SSSR count). The number of carbonyl (C=O) groups is 1. The maximum Gasteiger partial charge on any atom is 0.287 e. The highest BCUT2D eigenvalue weighted by Gasteiger charge is 2.14. The van der Waals surface area contributed by atoms with Gasteiger partial charge in [0, 0.05) is 6.20 Å². The lowest BCUT2D eigenvalue weighted by Crippen LogP contribution is -2.07. The minimum Gasteiger partial charge on any atom is -0.481 e. The lowest BCUT2D eigenvalue weighted by molar-refractivity contribution is -0.112. The molecule has 1 amide bonds. The first-order chi connectivity index (χ1) is 6.25. The van der Waals surface area contributed by atoms with Gasteiger partial charge in [-0.25, -0.2) is 4.98 Å². The van der Waals surface area contributed by atoms with Crippen LogP contribution in [-0.2, 0) is 4.79 Å². The zero-order chi connectivity index (χ0) is 9.26. The van der Waals surface area contributed by atoms with Gasteiger partial charge in [0.25, 0.3) is 11.9 Å². The average Bonchev–Trinajstić information content (AvgIpc) is 2.20. The van der Waals surface area contributed by atoms with Crippen molar-refractivity contribution in [3.63, 3.8) is 0 Å². The molecule has 13 heavy (non-hydrogen) atoms. The van der Waals surface area contributed by atoms with Crippen LogP contribution in [0.5, 0.6) is 5.75 Å². The molecule has 2 N–H and O–H groups in total. The molecule has 0 bridgehead atoms. The number of nitrogens with zero attached hydrogens (tertiary/aromatic N) is 1. The first-order valence-electron chi connectivity index (χ1n) is 3.60. The van der Waals surface area contributed by atoms with E-state index in [1.807, 2.05) is 0 Å². The van der Waals surface area contributed by atoms with E-state index in [1.54, 1.807) is 12.1 Å². The van der Waals surface area contributed by atoms with Crippen LogP contribution in [-0.4, -0.2) is 16.0 Å². The van der Waals surface area contributed by atoms with Gasteiger partial charge in [-0.1, -0.05) is 0 Å².